The first kappa shape index (κ1) is 19.4. The summed E-state index contributed by atoms with van der Waals surface area (Å²) in [4.78, 5) is 0.470. The van der Waals surface area contributed by atoms with Crippen molar-refractivity contribution in [3.8, 4) is 11.5 Å². The lowest BCUT2D eigenvalue weighted by molar-refractivity contribution is -0.287. The number of ether oxygens (including phenoxy) is 2. The minimum absolute atomic E-state index is 0.0619. The zero-order valence-electron chi connectivity index (χ0n) is 14.7. The molecule has 8 heteroatoms. The van der Waals surface area contributed by atoms with Gasteiger partial charge in [-0.25, -0.2) is 8.78 Å². The molecule has 1 aliphatic carbocycles. The van der Waals surface area contributed by atoms with Crippen LogP contribution in [0.3, 0.4) is 0 Å². The first-order valence-electron chi connectivity index (χ1n) is 8.93. The van der Waals surface area contributed by atoms with Gasteiger partial charge in [0.1, 0.15) is 0 Å². The Hall–Kier alpha value is -1.96. The first-order chi connectivity index (χ1) is 13.2. The minimum Gasteiger partial charge on any atom is -0.395 e. The molecule has 1 fully saturated rings. The Morgan fingerprint density at radius 1 is 0.929 bits per heavy atom. The molecule has 2 aromatic carbocycles. The fourth-order valence-electron chi connectivity index (χ4n) is 3.79. The molecule has 150 valence electrons. The van der Waals surface area contributed by atoms with Crippen LogP contribution in [0.15, 0.2) is 41.3 Å². The molecule has 0 saturated heterocycles. The fourth-order valence-corrected chi connectivity index (χ4v) is 4.03. The van der Waals surface area contributed by atoms with E-state index in [2.05, 4.69) is 9.47 Å². The topological polar surface area (TPSA) is 18.5 Å². The molecule has 0 unspecified atom stereocenters. The molecule has 2 nitrogen and oxygen atoms in total. The highest BCUT2D eigenvalue weighted by Crippen LogP contribution is 2.50. The Morgan fingerprint density at radius 3 is 2.25 bits per heavy atom. The number of alkyl halides is 4. The maximum atomic E-state index is 13.6. The molecule has 0 radical (unpaired) electrons. The third-order valence-electron chi connectivity index (χ3n) is 5.17. The molecule has 2 aromatic rings. The first-order valence-corrected chi connectivity index (χ1v) is 9.64. The summed E-state index contributed by atoms with van der Waals surface area (Å²) in [6.45, 7) is 0. The van der Waals surface area contributed by atoms with Crippen LogP contribution in [-0.4, -0.2) is 12.2 Å². The Morgan fingerprint density at radius 2 is 1.61 bits per heavy atom. The smallest absolute Gasteiger partial charge is 0.395 e. The Bertz CT molecular complexity index is 860. The van der Waals surface area contributed by atoms with Gasteiger partial charge < -0.3 is 9.47 Å². The van der Waals surface area contributed by atoms with Gasteiger partial charge in [0.15, 0.2) is 11.5 Å². The Kier molecular flexibility index (Phi) is 4.93. The molecule has 28 heavy (non-hydrogen) atoms. The molecular weight excluding hydrogens is 399 g/mol. The summed E-state index contributed by atoms with van der Waals surface area (Å²) in [5, 5.41) is 0. The molecule has 4 rings (SSSR count). The molecule has 0 N–H and O–H groups in total. The van der Waals surface area contributed by atoms with Gasteiger partial charge in [0.2, 0.25) is 5.92 Å². The molecule has 0 amide bonds. The molecule has 0 bridgehead atoms. The van der Waals surface area contributed by atoms with Crippen LogP contribution in [0, 0.1) is 0 Å². The van der Waals surface area contributed by atoms with E-state index in [-0.39, 0.29) is 55.2 Å². The molecule has 0 spiro atoms. The Balaban J connectivity index is 1.65. The number of hydrogen-bond donors (Lipinski definition) is 0. The average Bonchev–Trinajstić information content (AvgIpc) is 2.96. The molecule has 1 heterocycles. The van der Waals surface area contributed by atoms with Crippen molar-refractivity contribution >= 4 is 12.1 Å². The SMILES string of the molecule is FSc1ccc(Cc2cc3c(c(C4CCC(F)(F)CC4)c2)OC(F)(F)O3)cc1. The van der Waals surface area contributed by atoms with Crippen molar-refractivity contribution in [2.45, 2.75) is 55.1 Å². The van der Waals surface area contributed by atoms with E-state index in [4.69, 9.17) is 0 Å². The van der Waals surface area contributed by atoms with E-state index in [9.17, 15) is 21.4 Å². The van der Waals surface area contributed by atoms with Gasteiger partial charge in [-0.1, -0.05) is 18.2 Å². The summed E-state index contributed by atoms with van der Waals surface area (Å²) < 4.78 is 76.2. The molecule has 0 atom stereocenters. The number of hydrogen-bond acceptors (Lipinski definition) is 3. The van der Waals surface area contributed by atoms with E-state index < -0.39 is 12.2 Å². The van der Waals surface area contributed by atoms with Crippen LogP contribution in [0.25, 0.3) is 0 Å². The van der Waals surface area contributed by atoms with Crippen LogP contribution < -0.4 is 9.47 Å². The van der Waals surface area contributed by atoms with Crippen LogP contribution in [0.5, 0.6) is 11.5 Å². The lowest BCUT2D eigenvalue weighted by Crippen LogP contribution is -2.26. The van der Waals surface area contributed by atoms with Crippen molar-refractivity contribution < 1.29 is 30.9 Å². The lowest BCUT2D eigenvalue weighted by atomic mass is 9.81. The van der Waals surface area contributed by atoms with Crippen LogP contribution in [0.4, 0.5) is 21.4 Å². The van der Waals surface area contributed by atoms with Crippen molar-refractivity contribution in [2.75, 3.05) is 0 Å². The van der Waals surface area contributed by atoms with Gasteiger partial charge in [0.05, 0.1) is 12.1 Å². The van der Waals surface area contributed by atoms with Gasteiger partial charge in [-0.05, 0) is 54.5 Å². The monoisotopic (exact) mass is 416 g/mol. The van der Waals surface area contributed by atoms with Crippen molar-refractivity contribution in [3.05, 3.63) is 53.1 Å². The van der Waals surface area contributed by atoms with Crippen LogP contribution in [0.1, 0.15) is 48.3 Å². The average molecular weight is 416 g/mol. The van der Waals surface area contributed by atoms with Gasteiger partial charge in [0.25, 0.3) is 0 Å². The second kappa shape index (κ2) is 7.13. The molecule has 1 saturated carbocycles. The molecule has 0 aromatic heterocycles. The van der Waals surface area contributed by atoms with E-state index in [1.165, 1.54) is 6.07 Å². The summed E-state index contributed by atoms with van der Waals surface area (Å²) in [5.41, 5.74) is 2.05. The van der Waals surface area contributed by atoms with Crippen molar-refractivity contribution in [3.63, 3.8) is 0 Å². The number of fused-ring (bicyclic) bond motifs is 1. The molecular formula is C20H17F5O2S. The second-order valence-electron chi connectivity index (χ2n) is 7.21. The van der Waals surface area contributed by atoms with Gasteiger partial charge >= 0.3 is 6.29 Å². The fraction of sp³-hybridized carbons (Fsp3) is 0.400. The zero-order valence-corrected chi connectivity index (χ0v) is 15.5. The van der Waals surface area contributed by atoms with Gasteiger partial charge in [-0.15, -0.1) is 8.78 Å². The maximum Gasteiger partial charge on any atom is 0.586 e. The number of benzene rings is 2. The minimum atomic E-state index is -3.77. The highest BCUT2D eigenvalue weighted by molar-refractivity contribution is 7.94. The van der Waals surface area contributed by atoms with Crippen LogP contribution in [0.2, 0.25) is 0 Å². The molecule has 2 aliphatic rings. The van der Waals surface area contributed by atoms with Crippen molar-refractivity contribution in [1.82, 2.24) is 0 Å². The Labute approximate surface area is 163 Å². The van der Waals surface area contributed by atoms with E-state index in [0.717, 1.165) is 5.56 Å². The highest BCUT2D eigenvalue weighted by Gasteiger charge is 2.46. The van der Waals surface area contributed by atoms with E-state index in [1.54, 1.807) is 30.3 Å². The summed E-state index contributed by atoms with van der Waals surface area (Å²) in [6, 6.07) is 9.98. The highest BCUT2D eigenvalue weighted by atomic mass is 32.2. The predicted molar refractivity (Wildman–Crippen MR) is 95.0 cm³/mol. The van der Waals surface area contributed by atoms with E-state index in [1.807, 2.05) is 0 Å². The van der Waals surface area contributed by atoms with Crippen LogP contribution in [-0.2, 0) is 6.42 Å². The second-order valence-corrected chi connectivity index (χ2v) is 7.83. The van der Waals surface area contributed by atoms with Gasteiger partial charge in [-0.3, -0.25) is 0 Å². The quantitative estimate of drug-likeness (QED) is 0.507. The lowest BCUT2D eigenvalue weighted by Gasteiger charge is -2.29. The third-order valence-corrected chi connectivity index (χ3v) is 5.62. The summed E-state index contributed by atoms with van der Waals surface area (Å²) in [6.07, 6.45) is -3.53. The zero-order chi connectivity index (χ0) is 19.9. The van der Waals surface area contributed by atoms with Gasteiger partial charge in [0, 0.05) is 23.3 Å². The number of halogens is 5. The van der Waals surface area contributed by atoms with Gasteiger partial charge in [-0.2, -0.15) is 3.89 Å². The maximum absolute atomic E-state index is 13.6. The summed E-state index contributed by atoms with van der Waals surface area (Å²) >= 11 is 0.140. The van der Waals surface area contributed by atoms with Crippen LogP contribution >= 0.6 is 12.1 Å². The van der Waals surface area contributed by atoms with Crippen molar-refractivity contribution in [1.29, 1.82) is 0 Å². The summed E-state index contributed by atoms with van der Waals surface area (Å²) in [5.74, 6) is -3.15. The van der Waals surface area contributed by atoms with Crippen molar-refractivity contribution in [2.24, 2.45) is 0 Å². The number of rotatable bonds is 4. The third kappa shape index (κ3) is 4.06. The largest absolute Gasteiger partial charge is 0.586 e. The summed E-state index contributed by atoms with van der Waals surface area (Å²) in [7, 11) is 0. The van der Waals surface area contributed by atoms with E-state index in [0.29, 0.717) is 22.4 Å². The molecule has 1 aliphatic heterocycles. The predicted octanol–water partition coefficient (Wildman–Crippen LogP) is 6.87. The normalized spacial score (nSPS) is 20.3. The van der Waals surface area contributed by atoms with E-state index >= 15 is 0 Å². The standard InChI is InChI=1S/C20H17F5O2S/c21-19(22)7-5-14(6-8-19)16-10-13(9-12-1-3-15(28-25)4-2-12)11-17-18(16)27-20(23,24)26-17/h1-4,10-11,14H,5-9H2.